The number of para-hydroxylation sites is 2. The van der Waals surface area contributed by atoms with E-state index in [2.05, 4.69) is 45.9 Å². The number of cyclic esters (lactones) is 1. The highest BCUT2D eigenvalue weighted by Gasteiger charge is 2.26. The summed E-state index contributed by atoms with van der Waals surface area (Å²) < 4.78 is 22.7. The third-order valence-corrected chi connectivity index (χ3v) is 6.20. The van der Waals surface area contributed by atoms with Crippen LogP contribution in [0.3, 0.4) is 0 Å². The van der Waals surface area contributed by atoms with E-state index in [1.165, 1.54) is 5.56 Å². The number of benzene rings is 1. The minimum atomic E-state index is -0.309. The molecule has 0 amide bonds. The summed E-state index contributed by atoms with van der Waals surface area (Å²) in [4.78, 5) is 28.8. The Kier molecular flexibility index (Phi) is 9.62. The lowest BCUT2D eigenvalue weighted by Gasteiger charge is -2.17. The first-order valence-corrected chi connectivity index (χ1v) is 13.2. The number of carbonyl (C=O) groups is 1. The second-order valence-corrected chi connectivity index (χ2v) is 9.60. The molecule has 0 radical (unpaired) electrons. The van der Waals surface area contributed by atoms with Crippen LogP contribution in [0, 0.1) is 13.8 Å². The fraction of sp³-hybridized carbons (Fsp3) is 0.323. The Morgan fingerprint density at radius 1 is 1.02 bits per heavy atom. The largest absolute Gasteiger partial charge is 0.493 e. The van der Waals surface area contributed by atoms with Crippen LogP contribution in [0.25, 0.3) is 11.4 Å². The Hall–Kier alpha value is -4.53. The van der Waals surface area contributed by atoms with Gasteiger partial charge in [-0.1, -0.05) is 32.0 Å². The molecule has 1 aliphatic heterocycles. The molecule has 0 unspecified atom stereocenters. The fourth-order valence-electron chi connectivity index (χ4n) is 3.89. The third-order valence-electron chi connectivity index (χ3n) is 6.20. The van der Waals surface area contributed by atoms with Crippen molar-refractivity contribution < 1.29 is 25.2 Å². The Labute approximate surface area is 236 Å². The smallest absolute Gasteiger partial charge is 0.306 e. The summed E-state index contributed by atoms with van der Waals surface area (Å²) in [5.74, 6) is 2.59. The van der Waals surface area contributed by atoms with Gasteiger partial charge in [0, 0.05) is 37.7 Å². The van der Waals surface area contributed by atoms with Crippen LogP contribution < -0.4 is 14.2 Å². The molecular formula is C31H36N4O5. The van der Waals surface area contributed by atoms with Crippen molar-refractivity contribution in [2.75, 3.05) is 13.7 Å². The lowest BCUT2D eigenvalue weighted by atomic mass is 10.1. The van der Waals surface area contributed by atoms with Gasteiger partial charge in [-0.15, -0.1) is 0 Å². The highest BCUT2D eigenvalue weighted by atomic mass is 16.6. The highest BCUT2D eigenvalue weighted by molar-refractivity contribution is 5.71. The summed E-state index contributed by atoms with van der Waals surface area (Å²) >= 11 is 0. The van der Waals surface area contributed by atoms with Gasteiger partial charge in [-0.25, -0.2) is 4.98 Å². The van der Waals surface area contributed by atoms with Gasteiger partial charge in [0.15, 0.2) is 17.3 Å². The fourth-order valence-corrected chi connectivity index (χ4v) is 3.89. The molecule has 0 aliphatic carbocycles. The van der Waals surface area contributed by atoms with Crippen molar-refractivity contribution in [1.29, 1.82) is 0 Å². The van der Waals surface area contributed by atoms with Gasteiger partial charge in [0.2, 0.25) is 5.75 Å². The Balaban J connectivity index is 0.000000357. The number of nitrogens with zero attached hydrogens (tertiary/aromatic N) is 4. The SMILES string of the molecule is COc1ccccc1Oc1c(C)nc(-c2ccncc2)nc1OC[C@@H]1CCC(=O)O1.Cc1ccc(C(C)C)cn1.[HH]. The van der Waals surface area contributed by atoms with Crippen molar-refractivity contribution in [3.8, 4) is 34.5 Å². The summed E-state index contributed by atoms with van der Waals surface area (Å²) in [5.41, 5.74) is 3.80. The minimum absolute atomic E-state index is 0. The zero-order chi connectivity index (χ0) is 28.5. The monoisotopic (exact) mass is 544 g/mol. The van der Waals surface area contributed by atoms with Crippen LogP contribution >= 0.6 is 0 Å². The second-order valence-electron chi connectivity index (χ2n) is 9.60. The van der Waals surface area contributed by atoms with Crippen molar-refractivity contribution in [2.24, 2.45) is 0 Å². The van der Waals surface area contributed by atoms with E-state index >= 15 is 0 Å². The number of methoxy groups -OCH3 is 1. The molecular weight excluding hydrogens is 508 g/mol. The number of ether oxygens (including phenoxy) is 4. The van der Waals surface area contributed by atoms with E-state index in [1.807, 2.05) is 44.3 Å². The van der Waals surface area contributed by atoms with Gasteiger partial charge in [-0.05, 0) is 62.1 Å². The lowest BCUT2D eigenvalue weighted by Crippen LogP contribution is -2.18. The summed E-state index contributed by atoms with van der Waals surface area (Å²) in [6.45, 7) is 8.35. The number of rotatable bonds is 8. The first-order valence-electron chi connectivity index (χ1n) is 13.2. The van der Waals surface area contributed by atoms with E-state index in [1.54, 1.807) is 31.6 Å². The van der Waals surface area contributed by atoms with Gasteiger partial charge in [-0.2, -0.15) is 4.98 Å². The van der Waals surface area contributed by atoms with Crippen LogP contribution in [-0.4, -0.2) is 45.7 Å². The first-order chi connectivity index (χ1) is 19.3. The molecule has 1 atom stereocenters. The summed E-state index contributed by atoms with van der Waals surface area (Å²) in [5, 5.41) is 0. The van der Waals surface area contributed by atoms with Gasteiger partial charge in [-0.3, -0.25) is 14.8 Å². The molecule has 0 saturated carbocycles. The molecule has 1 aromatic carbocycles. The van der Waals surface area contributed by atoms with Crippen LogP contribution in [0.15, 0.2) is 67.1 Å². The van der Waals surface area contributed by atoms with Gasteiger partial charge in [0.25, 0.3) is 5.88 Å². The minimum Gasteiger partial charge on any atom is -0.493 e. The molecule has 0 spiro atoms. The van der Waals surface area contributed by atoms with Crippen LogP contribution in [0.1, 0.15) is 51.0 Å². The lowest BCUT2D eigenvalue weighted by molar-refractivity contribution is -0.142. The first kappa shape index (κ1) is 28.5. The average Bonchev–Trinajstić information content (AvgIpc) is 3.39. The number of esters is 1. The van der Waals surface area contributed by atoms with Crippen LogP contribution in [0.4, 0.5) is 0 Å². The Bertz CT molecular complexity index is 1420. The average molecular weight is 545 g/mol. The van der Waals surface area contributed by atoms with E-state index in [9.17, 15) is 4.79 Å². The molecule has 0 N–H and O–H groups in total. The number of carbonyl (C=O) groups excluding carboxylic acids is 1. The van der Waals surface area contributed by atoms with Crippen molar-refractivity contribution in [3.05, 3.63) is 84.1 Å². The van der Waals surface area contributed by atoms with Crippen molar-refractivity contribution in [1.82, 2.24) is 19.9 Å². The maximum Gasteiger partial charge on any atom is 0.306 e. The predicted octanol–water partition coefficient (Wildman–Crippen LogP) is 6.49. The predicted molar refractivity (Wildman–Crippen MR) is 153 cm³/mol. The van der Waals surface area contributed by atoms with Crippen LogP contribution in [0.5, 0.6) is 23.1 Å². The summed E-state index contributed by atoms with van der Waals surface area (Å²) in [7, 11) is 1.57. The third kappa shape index (κ3) is 7.53. The zero-order valence-electron chi connectivity index (χ0n) is 23.5. The number of hydrogen-bond donors (Lipinski definition) is 0. The van der Waals surface area contributed by atoms with Crippen molar-refractivity contribution >= 4 is 5.97 Å². The molecule has 1 fully saturated rings. The number of aryl methyl sites for hydroxylation is 2. The number of pyridine rings is 2. The van der Waals surface area contributed by atoms with Crippen LogP contribution in [-0.2, 0) is 9.53 Å². The van der Waals surface area contributed by atoms with Gasteiger partial charge in [0.05, 0.1) is 12.8 Å². The highest BCUT2D eigenvalue weighted by Crippen LogP contribution is 2.38. The molecule has 5 rings (SSSR count). The molecule has 9 heteroatoms. The number of hydrogen-bond acceptors (Lipinski definition) is 9. The van der Waals surface area contributed by atoms with Crippen molar-refractivity contribution in [2.45, 2.75) is 52.6 Å². The molecule has 0 bridgehead atoms. The van der Waals surface area contributed by atoms with E-state index in [-0.39, 0.29) is 26.0 Å². The number of aromatic nitrogens is 4. The maximum atomic E-state index is 11.4. The van der Waals surface area contributed by atoms with Gasteiger partial charge >= 0.3 is 5.97 Å². The van der Waals surface area contributed by atoms with Crippen LogP contribution in [0.2, 0.25) is 0 Å². The molecule has 3 aromatic heterocycles. The summed E-state index contributed by atoms with van der Waals surface area (Å²) in [6, 6.07) is 15.1. The molecule has 9 nitrogen and oxygen atoms in total. The normalized spacial score (nSPS) is 14.2. The standard InChI is InChI=1S/C22H21N3O5.C9H13N.H2/c1-14-20(30-18-6-4-3-5-17(18)27-2)22(28-13-16-7-8-19(26)29-16)25-21(24-14)15-9-11-23-12-10-15;1-7(2)9-5-4-8(3)10-6-9;/h3-6,9-12,16H,7-8,13H2,1-2H3;4-7H,1-3H3;1H/t16-;;/m0../s1. The molecule has 4 aromatic rings. The van der Waals surface area contributed by atoms with Crippen molar-refractivity contribution in [3.63, 3.8) is 0 Å². The maximum absolute atomic E-state index is 11.4. The van der Waals surface area contributed by atoms with E-state index in [0.29, 0.717) is 47.5 Å². The molecule has 210 valence electrons. The zero-order valence-corrected chi connectivity index (χ0v) is 23.5. The molecule has 1 saturated heterocycles. The topological polar surface area (TPSA) is 106 Å². The van der Waals surface area contributed by atoms with Gasteiger partial charge < -0.3 is 18.9 Å². The molecule has 1 aliphatic rings. The van der Waals surface area contributed by atoms with Gasteiger partial charge in [0.1, 0.15) is 12.7 Å². The Morgan fingerprint density at radius 2 is 1.77 bits per heavy atom. The second kappa shape index (κ2) is 13.5. The van der Waals surface area contributed by atoms with E-state index < -0.39 is 0 Å². The van der Waals surface area contributed by atoms with E-state index in [0.717, 1.165) is 11.3 Å². The summed E-state index contributed by atoms with van der Waals surface area (Å²) in [6.07, 6.45) is 5.99. The quantitative estimate of drug-likeness (QED) is 0.230. The molecule has 40 heavy (non-hydrogen) atoms. The molecule has 4 heterocycles. The Morgan fingerprint density at radius 3 is 2.40 bits per heavy atom. The van der Waals surface area contributed by atoms with E-state index in [4.69, 9.17) is 18.9 Å².